The molecule has 10 heteroatoms. The molecule has 48 heavy (non-hydrogen) atoms. The molecule has 1 aliphatic heterocycles. The second-order valence-corrected chi connectivity index (χ2v) is 14.4. The van der Waals surface area contributed by atoms with Crippen LogP contribution in [0.15, 0.2) is 48.8 Å². The fourth-order valence-electron chi connectivity index (χ4n) is 7.55. The van der Waals surface area contributed by atoms with Crippen molar-refractivity contribution in [3.05, 3.63) is 60.2 Å². The van der Waals surface area contributed by atoms with Gasteiger partial charge in [0.1, 0.15) is 11.9 Å². The number of carbonyl (C=O) groups excluding carboxylic acids is 2. The van der Waals surface area contributed by atoms with E-state index in [1.165, 1.54) is 0 Å². The molecule has 2 amide bonds. The Labute approximate surface area is 284 Å². The molecular formula is C38H51N5O5. The highest BCUT2D eigenvalue weighted by Gasteiger charge is 2.36. The summed E-state index contributed by atoms with van der Waals surface area (Å²) in [7, 11) is 1.68. The minimum absolute atomic E-state index is 0.0962. The number of likely N-dealkylation sites (tertiary alicyclic amines) is 1. The number of ether oxygens (including phenoxy) is 2. The number of amides is 2. The van der Waals surface area contributed by atoms with Gasteiger partial charge >= 0.3 is 6.09 Å². The number of benzene rings is 1. The van der Waals surface area contributed by atoms with E-state index in [1.54, 1.807) is 12.0 Å². The number of aryl methyl sites for hydroxylation is 1. The predicted octanol–water partition coefficient (Wildman–Crippen LogP) is 6.77. The predicted molar refractivity (Wildman–Crippen MR) is 185 cm³/mol. The number of aliphatic hydroxyl groups excluding tert-OH is 1. The normalized spacial score (nSPS) is 23.1. The Hall–Kier alpha value is -3.92. The van der Waals surface area contributed by atoms with Crippen molar-refractivity contribution in [2.24, 2.45) is 17.8 Å². The molecule has 1 N–H and O–H groups in total. The first-order valence-electron chi connectivity index (χ1n) is 17.8. The first-order chi connectivity index (χ1) is 23.2. The van der Waals surface area contributed by atoms with Crippen LogP contribution in [0.1, 0.15) is 88.6 Å². The van der Waals surface area contributed by atoms with Crippen molar-refractivity contribution in [1.82, 2.24) is 19.7 Å². The fourth-order valence-corrected chi connectivity index (χ4v) is 7.55. The van der Waals surface area contributed by atoms with Gasteiger partial charge in [-0.15, -0.1) is 0 Å². The average molecular weight is 658 g/mol. The van der Waals surface area contributed by atoms with Gasteiger partial charge in [0.25, 0.3) is 0 Å². The van der Waals surface area contributed by atoms with Gasteiger partial charge in [-0.3, -0.25) is 14.5 Å². The third-order valence-electron chi connectivity index (χ3n) is 10.6. The highest BCUT2D eigenvalue weighted by molar-refractivity contribution is 5.95. The molecule has 0 bridgehead atoms. The number of pyridine rings is 1. The summed E-state index contributed by atoms with van der Waals surface area (Å²) in [6.07, 6.45) is 10.4. The maximum Gasteiger partial charge on any atom is 0.410 e. The Morgan fingerprint density at radius 2 is 1.73 bits per heavy atom. The summed E-state index contributed by atoms with van der Waals surface area (Å²) in [4.78, 5) is 35.5. The number of carbonyl (C=O) groups is 2. The van der Waals surface area contributed by atoms with Crippen molar-refractivity contribution >= 4 is 17.7 Å². The van der Waals surface area contributed by atoms with Gasteiger partial charge in [-0.05, 0) is 108 Å². The highest BCUT2D eigenvalue weighted by Crippen LogP contribution is 2.38. The van der Waals surface area contributed by atoms with Crippen LogP contribution in [0.25, 0.3) is 11.1 Å². The van der Waals surface area contributed by atoms with Crippen LogP contribution in [0.5, 0.6) is 5.75 Å². The van der Waals surface area contributed by atoms with Gasteiger partial charge in [-0.25, -0.2) is 4.79 Å². The lowest BCUT2D eigenvalue weighted by Gasteiger charge is -2.39. The van der Waals surface area contributed by atoms with E-state index < -0.39 is 0 Å². The zero-order valence-electron chi connectivity index (χ0n) is 28.9. The van der Waals surface area contributed by atoms with E-state index in [9.17, 15) is 14.7 Å². The smallest absolute Gasteiger partial charge is 0.410 e. The number of nitrogens with zero attached hydrogens (tertiary/aromatic N) is 5. The lowest BCUT2D eigenvalue weighted by Crippen LogP contribution is -2.52. The SMILES string of the molecule is COc1ccc(C2CCC(CN(C(=O)C3CCC(OC(=O)N4CC(CO)C4)CC3)c3cccc(-c4cnn(C(C)C)c4)c3)CC2)nc1C. The molecule has 0 spiro atoms. The van der Waals surface area contributed by atoms with Crippen LogP contribution in [0.2, 0.25) is 0 Å². The largest absolute Gasteiger partial charge is 0.495 e. The van der Waals surface area contributed by atoms with Gasteiger partial charge in [-0.2, -0.15) is 5.10 Å². The van der Waals surface area contributed by atoms with Crippen molar-refractivity contribution < 1.29 is 24.2 Å². The minimum Gasteiger partial charge on any atom is -0.495 e. The summed E-state index contributed by atoms with van der Waals surface area (Å²) in [5, 5.41) is 13.8. The second kappa shape index (κ2) is 15.1. The van der Waals surface area contributed by atoms with E-state index in [2.05, 4.69) is 49.4 Å². The molecule has 6 rings (SSSR count). The van der Waals surface area contributed by atoms with Crippen molar-refractivity contribution in [3.63, 3.8) is 0 Å². The minimum atomic E-state index is -0.302. The van der Waals surface area contributed by atoms with E-state index in [4.69, 9.17) is 14.5 Å². The average Bonchev–Trinajstić information content (AvgIpc) is 3.58. The van der Waals surface area contributed by atoms with E-state index in [0.29, 0.717) is 57.2 Å². The van der Waals surface area contributed by atoms with E-state index >= 15 is 0 Å². The summed E-state index contributed by atoms with van der Waals surface area (Å²) in [5.41, 5.74) is 5.07. The molecule has 0 atom stereocenters. The molecule has 10 nitrogen and oxygen atoms in total. The number of aromatic nitrogens is 3. The van der Waals surface area contributed by atoms with Gasteiger partial charge in [0.2, 0.25) is 5.91 Å². The number of aliphatic hydroxyl groups is 1. The maximum absolute atomic E-state index is 14.4. The summed E-state index contributed by atoms with van der Waals surface area (Å²) in [6, 6.07) is 12.7. The fraction of sp³-hybridized carbons (Fsp3) is 0.579. The first kappa shape index (κ1) is 34.0. The Balaban J connectivity index is 1.14. The standard InChI is InChI=1S/C38H51N5O5/c1-25(2)43-23-32(19-39-43)31-6-5-7-33(18-31)42(22-27-8-10-29(11-9-27)35-16-17-36(47-4)26(3)40-35)37(45)30-12-14-34(15-13-30)48-38(46)41-20-28(21-41)24-44/h5-7,16-19,23,25,27-30,34,44H,8-15,20-22,24H2,1-4H3. The lowest BCUT2D eigenvalue weighted by molar-refractivity contribution is -0.124. The monoisotopic (exact) mass is 657 g/mol. The number of anilines is 1. The number of hydrogen-bond donors (Lipinski definition) is 1. The van der Waals surface area contributed by atoms with Crippen LogP contribution < -0.4 is 9.64 Å². The van der Waals surface area contributed by atoms with Gasteiger partial charge in [0, 0.05) is 73.2 Å². The molecule has 3 fully saturated rings. The molecule has 2 aromatic heterocycles. The van der Waals surface area contributed by atoms with Crippen LogP contribution in [0, 0.1) is 24.7 Å². The Bertz CT molecular complexity index is 1550. The third kappa shape index (κ3) is 7.69. The molecule has 2 aliphatic carbocycles. The zero-order chi connectivity index (χ0) is 33.8. The van der Waals surface area contributed by atoms with Crippen LogP contribution in [-0.2, 0) is 9.53 Å². The molecule has 3 aliphatic rings. The molecule has 0 unspecified atom stereocenters. The molecular weight excluding hydrogens is 606 g/mol. The van der Waals surface area contributed by atoms with Crippen molar-refractivity contribution in [1.29, 1.82) is 0 Å². The molecule has 3 heterocycles. The summed E-state index contributed by atoms with van der Waals surface area (Å²) in [6.45, 7) is 8.10. The summed E-state index contributed by atoms with van der Waals surface area (Å²) in [5.74, 6) is 1.84. The maximum atomic E-state index is 14.4. The Kier molecular flexibility index (Phi) is 10.7. The number of methoxy groups -OCH3 is 1. The Morgan fingerprint density at radius 1 is 0.979 bits per heavy atom. The third-order valence-corrected chi connectivity index (χ3v) is 10.6. The molecule has 0 radical (unpaired) electrons. The summed E-state index contributed by atoms with van der Waals surface area (Å²) < 4.78 is 13.2. The van der Waals surface area contributed by atoms with Crippen molar-refractivity contribution in [3.8, 4) is 16.9 Å². The van der Waals surface area contributed by atoms with Gasteiger partial charge in [-0.1, -0.05) is 12.1 Å². The molecule has 2 saturated carbocycles. The summed E-state index contributed by atoms with van der Waals surface area (Å²) >= 11 is 0. The van der Waals surface area contributed by atoms with Gasteiger partial charge in [0.15, 0.2) is 0 Å². The second-order valence-electron chi connectivity index (χ2n) is 14.4. The lowest BCUT2D eigenvalue weighted by atomic mass is 9.79. The van der Waals surface area contributed by atoms with E-state index in [0.717, 1.165) is 59.6 Å². The van der Waals surface area contributed by atoms with E-state index in [-0.39, 0.29) is 42.6 Å². The number of hydrogen-bond acceptors (Lipinski definition) is 7. The van der Waals surface area contributed by atoms with Crippen LogP contribution in [-0.4, -0.2) is 76.2 Å². The quantitative estimate of drug-likeness (QED) is 0.256. The number of rotatable bonds is 10. The van der Waals surface area contributed by atoms with Gasteiger partial charge < -0.3 is 24.4 Å². The van der Waals surface area contributed by atoms with Crippen LogP contribution in [0.3, 0.4) is 0 Å². The zero-order valence-corrected chi connectivity index (χ0v) is 28.9. The topological polar surface area (TPSA) is 110 Å². The van der Waals surface area contributed by atoms with Gasteiger partial charge in [0.05, 0.1) is 19.0 Å². The first-order valence-corrected chi connectivity index (χ1v) is 17.8. The van der Waals surface area contributed by atoms with Crippen LogP contribution in [0.4, 0.5) is 10.5 Å². The molecule has 3 aromatic rings. The Morgan fingerprint density at radius 3 is 2.38 bits per heavy atom. The molecule has 1 aromatic carbocycles. The van der Waals surface area contributed by atoms with Crippen molar-refractivity contribution in [2.45, 2.75) is 90.2 Å². The van der Waals surface area contributed by atoms with Crippen LogP contribution >= 0.6 is 0 Å². The molecule has 258 valence electrons. The van der Waals surface area contributed by atoms with E-state index in [1.807, 2.05) is 34.8 Å². The molecule has 1 saturated heterocycles. The highest BCUT2D eigenvalue weighted by atomic mass is 16.6. The van der Waals surface area contributed by atoms with Crippen molar-refractivity contribution in [2.75, 3.05) is 38.3 Å².